The van der Waals surface area contributed by atoms with E-state index in [1.54, 1.807) is 0 Å². The molecule has 0 aromatic heterocycles. The van der Waals surface area contributed by atoms with Crippen LogP contribution in [0.4, 0.5) is 0 Å². The largest absolute Gasteiger partial charge is 0.469 e. The maximum Gasteiger partial charge on any atom is 0.308 e. The van der Waals surface area contributed by atoms with Crippen LogP contribution < -0.4 is 0 Å². The molecular formula is C19H38O4. The van der Waals surface area contributed by atoms with Crippen molar-refractivity contribution in [1.29, 1.82) is 0 Å². The van der Waals surface area contributed by atoms with Gasteiger partial charge < -0.3 is 14.9 Å². The van der Waals surface area contributed by atoms with Gasteiger partial charge in [0.2, 0.25) is 0 Å². The van der Waals surface area contributed by atoms with Crippen molar-refractivity contribution in [2.45, 2.75) is 109 Å². The highest BCUT2D eigenvalue weighted by molar-refractivity contribution is 5.69. The molecule has 23 heavy (non-hydrogen) atoms. The number of aliphatic hydroxyl groups is 2. The third-order valence-corrected chi connectivity index (χ3v) is 4.35. The number of ether oxygens (including phenoxy) is 1. The first kappa shape index (κ1) is 22.4. The number of hydrogen-bond donors (Lipinski definition) is 2. The van der Waals surface area contributed by atoms with E-state index in [1.807, 2.05) is 0 Å². The zero-order chi connectivity index (χ0) is 17.3. The zero-order valence-corrected chi connectivity index (χ0v) is 15.3. The molecule has 4 heteroatoms. The van der Waals surface area contributed by atoms with E-state index in [0.29, 0.717) is 6.42 Å². The van der Waals surface area contributed by atoms with Gasteiger partial charge in [0.05, 0.1) is 25.7 Å². The molecule has 0 aromatic carbocycles. The lowest BCUT2D eigenvalue weighted by Gasteiger charge is -2.11. The van der Waals surface area contributed by atoms with Gasteiger partial charge in [-0.15, -0.1) is 0 Å². The van der Waals surface area contributed by atoms with Gasteiger partial charge in [-0.25, -0.2) is 0 Å². The topological polar surface area (TPSA) is 66.8 Å². The van der Waals surface area contributed by atoms with Crippen LogP contribution >= 0.6 is 0 Å². The zero-order valence-electron chi connectivity index (χ0n) is 15.3. The van der Waals surface area contributed by atoms with Gasteiger partial charge in [0.25, 0.3) is 0 Å². The predicted octanol–water partition coefficient (Wildman–Crippen LogP) is 4.36. The molecule has 138 valence electrons. The van der Waals surface area contributed by atoms with Crippen LogP contribution in [0.1, 0.15) is 96.8 Å². The first-order chi connectivity index (χ1) is 11.1. The minimum atomic E-state index is -0.597. The predicted molar refractivity (Wildman–Crippen MR) is 94.3 cm³/mol. The standard InChI is InChI=1S/C19H38O4/c1-3-4-5-6-7-8-10-13-17(20)14-11-9-12-15-18(21)16-19(22)23-2/h17-18,20-21H,3-16H2,1-2H3. The van der Waals surface area contributed by atoms with Crippen molar-refractivity contribution in [3.63, 3.8) is 0 Å². The summed E-state index contributed by atoms with van der Waals surface area (Å²) < 4.78 is 4.52. The molecule has 0 rings (SSSR count). The van der Waals surface area contributed by atoms with Crippen molar-refractivity contribution in [3.05, 3.63) is 0 Å². The molecule has 0 heterocycles. The summed E-state index contributed by atoms with van der Waals surface area (Å²) >= 11 is 0. The van der Waals surface area contributed by atoms with Gasteiger partial charge in [-0.3, -0.25) is 4.79 Å². The van der Waals surface area contributed by atoms with E-state index >= 15 is 0 Å². The summed E-state index contributed by atoms with van der Waals surface area (Å²) in [7, 11) is 1.33. The van der Waals surface area contributed by atoms with Crippen LogP contribution in [0.5, 0.6) is 0 Å². The first-order valence-electron chi connectivity index (χ1n) is 9.53. The fourth-order valence-corrected chi connectivity index (χ4v) is 2.80. The van der Waals surface area contributed by atoms with Gasteiger partial charge in [-0.2, -0.15) is 0 Å². The molecule has 0 fully saturated rings. The van der Waals surface area contributed by atoms with E-state index in [-0.39, 0.29) is 18.5 Å². The highest BCUT2D eigenvalue weighted by Crippen LogP contribution is 2.14. The molecule has 0 bridgehead atoms. The number of esters is 1. The van der Waals surface area contributed by atoms with Gasteiger partial charge in [-0.1, -0.05) is 71.1 Å². The quantitative estimate of drug-likeness (QED) is 0.326. The molecule has 2 atom stereocenters. The monoisotopic (exact) mass is 330 g/mol. The lowest BCUT2D eigenvalue weighted by Crippen LogP contribution is -2.14. The molecule has 0 radical (unpaired) electrons. The molecule has 4 nitrogen and oxygen atoms in total. The summed E-state index contributed by atoms with van der Waals surface area (Å²) in [5, 5.41) is 19.6. The van der Waals surface area contributed by atoms with Crippen LogP contribution in [0.15, 0.2) is 0 Å². The second-order valence-corrected chi connectivity index (χ2v) is 6.64. The minimum Gasteiger partial charge on any atom is -0.469 e. The number of methoxy groups -OCH3 is 1. The van der Waals surface area contributed by atoms with Gasteiger partial charge in [0.1, 0.15) is 0 Å². The summed E-state index contributed by atoms with van der Waals surface area (Å²) in [6, 6.07) is 0. The van der Waals surface area contributed by atoms with Crippen molar-refractivity contribution < 1.29 is 19.7 Å². The van der Waals surface area contributed by atoms with E-state index in [9.17, 15) is 15.0 Å². The normalized spacial score (nSPS) is 13.7. The molecule has 0 aliphatic heterocycles. The lowest BCUT2D eigenvalue weighted by atomic mass is 10.0. The molecular weight excluding hydrogens is 292 g/mol. The maximum atomic E-state index is 11.0. The molecule has 2 N–H and O–H groups in total. The van der Waals surface area contributed by atoms with Crippen molar-refractivity contribution in [2.24, 2.45) is 0 Å². The Morgan fingerprint density at radius 3 is 1.74 bits per heavy atom. The highest BCUT2D eigenvalue weighted by atomic mass is 16.5. The summed E-state index contributed by atoms with van der Waals surface area (Å²) in [4.78, 5) is 11.0. The van der Waals surface area contributed by atoms with Crippen molar-refractivity contribution >= 4 is 5.97 Å². The molecule has 2 unspecified atom stereocenters. The van der Waals surface area contributed by atoms with Gasteiger partial charge in [0, 0.05) is 0 Å². The summed E-state index contributed by atoms with van der Waals surface area (Å²) in [5.74, 6) is -0.359. The van der Waals surface area contributed by atoms with Crippen molar-refractivity contribution in [1.82, 2.24) is 0 Å². The van der Waals surface area contributed by atoms with E-state index < -0.39 is 6.10 Å². The molecule has 0 aliphatic rings. The summed E-state index contributed by atoms with van der Waals surface area (Å²) in [5.41, 5.74) is 0. The third-order valence-electron chi connectivity index (χ3n) is 4.35. The molecule has 0 amide bonds. The molecule has 0 saturated heterocycles. The van der Waals surface area contributed by atoms with Crippen LogP contribution in [-0.4, -0.2) is 35.5 Å². The minimum absolute atomic E-state index is 0.0807. The van der Waals surface area contributed by atoms with Crippen LogP contribution in [0.3, 0.4) is 0 Å². The number of unbranched alkanes of at least 4 members (excludes halogenated alkanes) is 8. The molecule has 0 aromatic rings. The number of hydrogen-bond acceptors (Lipinski definition) is 4. The van der Waals surface area contributed by atoms with E-state index in [1.165, 1.54) is 45.6 Å². The smallest absolute Gasteiger partial charge is 0.308 e. The third kappa shape index (κ3) is 16.0. The van der Waals surface area contributed by atoms with Crippen LogP contribution in [-0.2, 0) is 9.53 Å². The highest BCUT2D eigenvalue weighted by Gasteiger charge is 2.10. The Morgan fingerprint density at radius 2 is 1.22 bits per heavy atom. The number of aliphatic hydroxyl groups excluding tert-OH is 2. The molecule has 0 saturated carbocycles. The average molecular weight is 331 g/mol. The fraction of sp³-hybridized carbons (Fsp3) is 0.947. The second-order valence-electron chi connectivity index (χ2n) is 6.64. The fourth-order valence-electron chi connectivity index (χ4n) is 2.80. The average Bonchev–Trinajstić information content (AvgIpc) is 2.53. The number of carbonyl (C=O) groups excluding carboxylic acids is 1. The molecule has 0 spiro atoms. The van der Waals surface area contributed by atoms with E-state index in [4.69, 9.17) is 0 Å². The Kier molecular flexibility index (Phi) is 15.8. The summed E-state index contributed by atoms with van der Waals surface area (Å²) in [6.07, 6.45) is 13.6. The Balaban J connectivity index is 3.33. The maximum absolute atomic E-state index is 11.0. The van der Waals surface area contributed by atoms with Crippen LogP contribution in [0.25, 0.3) is 0 Å². The Morgan fingerprint density at radius 1 is 0.783 bits per heavy atom. The summed E-state index contributed by atoms with van der Waals surface area (Å²) in [6.45, 7) is 2.23. The number of carbonyl (C=O) groups is 1. The lowest BCUT2D eigenvalue weighted by molar-refractivity contribution is -0.142. The van der Waals surface area contributed by atoms with Gasteiger partial charge in [0.15, 0.2) is 0 Å². The first-order valence-corrected chi connectivity index (χ1v) is 9.53. The second kappa shape index (κ2) is 16.3. The Labute approximate surface area is 142 Å². The number of rotatable bonds is 16. The van der Waals surface area contributed by atoms with Crippen LogP contribution in [0, 0.1) is 0 Å². The van der Waals surface area contributed by atoms with Crippen molar-refractivity contribution in [3.8, 4) is 0 Å². The van der Waals surface area contributed by atoms with Crippen molar-refractivity contribution in [2.75, 3.05) is 7.11 Å². The Bertz CT molecular complexity index is 268. The SMILES string of the molecule is CCCCCCCCCC(O)CCCCCC(O)CC(=O)OC. The van der Waals surface area contributed by atoms with E-state index in [2.05, 4.69) is 11.7 Å². The van der Waals surface area contributed by atoms with Gasteiger partial charge in [-0.05, 0) is 19.3 Å². The van der Waals surface area contributed by atoms with E-state index in [0.717, 1.165) is 38.5 Å². The van der Waals surface area contributed by atoms with Crippen LogP contribution in [0.2, 0.25) is 0 Å². The van der Waals surface area contributed by atoms with Gasteiger partial charge >= 0.3 is 5.97 Å². The Hall–Kier alpha value is -0.610. The molecule has 0 aliphatic carbocycles.